The first-order valence-corrected chi connectivity index (χ1v) is 14.8. The normalized spacial score (nSPS) is 12.9. The zero-order chi connectivity index (χ0) is 31.5. The number of hydrogen-bond acceptors (Lipinski definition) is 5. The number of halogens is 4. The van der Waals surface area contributed by atoms with E-state index < -0.39 is 11.6 Å². The number of likely N-dealkylation sites (tertiary alicyclic amines) is 1. The summed E-state index contributed by atoms with van der Waals surface area (Å²) in [6.45, 7) is 2.15. The Labute approximate surface area is 265 Å². The van der Waals surface area contributed by atoms with Gasteiger partial charge in [-0.05, 0) is 59.5 Å². The van der Waals surface area contributed by atoms with Crippen molar-refractivity contribution >= 4 is 40.9 Å². The Kier molecular flexibility index (Phi) is 12.0. The average Bonchev–Trinajstić information content (AvgIpc) is 2.98. The lowest BCUT2D eigenvalue weighted by atomic mass is 9.92. The molecule has 1 heterocycles. The van der Waals surface area contributed by atoms with E-state index in [1.54, 1.807) is 0 Å². The van der Waals surface area contributed by atoms with Crippen molar-refractivity contribution in [2.24, 2.45) is 0 Å². The molecule has 6 nitrogen and oxygen atoms in total. The van der Waals surface area contributed by atoms with E-state index in [2.05, 4.69) is 10.2 Å². The molecule has 4 aromatic carbocycles. The maximum absolute atomic E-state index is 14.2. The number of nitrogens with zero attached hydrogens (tertiary/aromatic N) is 2. The van der Waals surface area contributed by atoms with E-state index in [-0.39, 0.29) is 30.6 Å². The largest absolute Gasteiger partial charge is 0.373 e. The van der Waals surface area contributed by atoms with Gasteiger partial charge in [0.1, 0.15) is 11.6 Å². The van der Waals surface area contributed by atoms with Gasteiger partial charge in [-0.2, -0.15) is 9.59 Å². The lowest BCUT2D eigenvalue weighted by Gasteiger charge is -2.50. The molecule has 4 aromatic rings. The molecule has 0 spiro atoms. The molecule has 44 heavy (non-hydrogen) atoms. The highest BCUT2D eigenvalue weighted by Gasteiger charge is 2.37. The van der Waals surface area contributed by atoms with Crippen LogP contribution in [0.5, 0.6) is 0 Å². The van der Waals surface area contributed by atoms with Gasteiger partial charge in [0.05, 0.1) is 12.1 Å². The quantitative estimate of drug-likeness (QED) is 0.198. The van der Waals surface area contributed by atoms with Crippen LogP contribution in [0, 0.1) is 11.6 Å². The van der Waals surface area contributed by atoms with Crippen molar-refractivity contribution in [1.29, 1.82) is 0 Å². The Hall–Kier alpha value is -4.07. The Morgan fingerprint density at radius 2 is 1.39 bits per heavy atom. The highest BCUT2D eigenvalue weighted by molar-refractivity contribution is 6.30. The van der Waals surface area contributed by atoms with Gasteiger partial charge in [0.2, 0.25) is 5.91 Å². The van der Waals surface area contributed by atoms with E-state index in [0.717, 1.165) is 29.2 Å². The van der Waals surface area contributed by atoms with Gasteiger partial charge in [0.25, 0.3) is 0 Å². The summed E-state index contributed by atoms with van der Waals surface area (Å²) in [5.74, 6) is -1.39. The van der Waals surface area contributed by atoms with Crippen LogP contribution in [0.2, 0.25) is 10.0 Å². The number of amides is 1. The Morgan fingerprint density at radius 1 is 0.864 bits per heavy atom. The van der Waals surface area contributed by atoms with Gasteiger partial charge in [-0.25, -0.2) is 8.78 Å². The van der Waals surface area contributed by atoms with Crippen molar-refractivity contribution in [1.82, 2.24) is 10.2 Å². The van der Waals surface area contributed by atoms with Crippen LogP contribution in [0.25, 0.3) is 0 Å². The summed E-state index contributed by atoms with van der Waals surface area (Å²) >= 11 is 12.3. The Morgan fingerprint density at radius 3 is 1.91 bits per heavy atom. The topological polar surface area (TPSA) is 69.7 Å². The van der Waals surface area contributed by atoms with Gasteiger partial charge in [0.15, 0.2) is 0 Å². The number of anilines is 1. The smallest absolute Gasteiger partial charge is 0.365 e. The van der Waals surface area contributed by atoms with Crippen LogP contribution in [0.4, 0.5) is 14.5 Å². The molecule has 0 bridgehead atoms. The van der Waals surface area contributed by atoms with E-state index >= 15 is 0 Å². The zero-order valence-corrected chi connectivity index (χ0v) is 25.3. The number of nitrogens with one attached hydrogen (secondary N) is 1. The zero-order valence-electron chi connectivity index (χ0n) is 23.8. The molecular weight excluding hydrogens is 607 g/mol. The minimum absolute atomic E-state index is 0.0320. The fourth-order valence-corrected chi connectivity index (χ4v) is 5.58. The molecule has 1 aliphatic heterocycles. The first-order valence-electron chi connectivity index (χ1n) is 14.0. The third kappa shape index (κ3) is 9.21. The predicted molar refractivity (Wildman–Crippen MR) is 167 cm³/mol. The second-order valence-electron chi connectivity index (χ2n) is 10.4. The van der Waals surface area contributed by atoms with Gasteiger partial charge < -0.3 is 10.2 Å². The Bertz CT molecular complexity index is 1480. The van der Waals surface area contributed by atoms with Crippen LogP contribution >= 0.6 is 23.2 Å². The fraction of sp³-hybridized carbons (Fsp3) is 0.235. The number of hydrogen-bond donors (Lipinski definition) is 1. The monoisotopic (exact) mass is 637 g/mol. The highest BCUT2D eigenvalue weighted by atomic mass is 35.5. The number of carbonyl (C=O) groups is 1. The van der Waals surface area contributed by atoms with Crippen molar-refractivity contribution in [2.75, 3.05) is 31.1 Å². The molecule has 1 saturated heterocycles. The third-order valence-corrected chi connectivity index (χ3v) is 7.91. The van der Waals surface area contributed by atoms with Crippen LogP contribution in [-0.4, -0.2) is 49.2 Å². The minimum Gasteiger partial charge on any atom is -0.365 e. The van der Waals surface area contributed by atoms with Crippen molar-refractivity contribution in [2.45, 2.75) is 24.9 Å². The Balaban J connectivity index is 0.00000141. The number of benzene rings is 4. The lowest BCUT2D eigenvalue weighted by Crippen LogP contribution is -2.61. The average molecular weight is 639 g/mol. The summed E-state index contributed by atoms with van der Waals surface area (Å²) in [5, 5.41) is 4.29. The summed E-state index contributed by atoms with van der Waals surface area (Å²) in [7, 11) is 0. The molecule has 228 valence electrons. The van der Waals surface area contributed by atoms with Crippen LogP contribution in [0.3, 0.4) is 0 Å². The molecule has 10 heteroatoms. The second kappa shape index (κ2) is 16.1. The molecule has 1 aliphatic rings. The van der Waals surface area contributed by atoms with Crippen molar-refractivity contribution < 1.29 is 23.2 Å². The summed E-state index contributed by atoms with van der Waals surface area (Å²) in [4.78, 5) is 33.2. The maximum atomic E-state index is 14.2. The molecule has 0 aliphatic carbocycles. The van der Waals surface area contributed by atoms with Crippen molar-refractivity contribution in [3.63, 3.8) is 0 Å². The molecule has 5 rings (SSSR count). The summed E-state index contributed by atoms with van der Waals surface area (Å²) in [5.41, 5.74) is 3.74. The van der Waals surface area contributed by atoms with Crippen LogP contribution < -0.4 is 10.2 Å². The van der Waals surface area contributed by atoms with Crippen molar-refractivity contribution in [3.05, 3.63) is 135 Å². The first-order chi connectivity index (χ1) is 21.3. The standard InChI is InChI=1S/C33H31Cl2F2N3O.CO2/c34-26-10-6-24(7-11-26)33(25-8-12-27(35)13-9-25)39-21-31(22-39)40(30-19-28(36)18-29(37)20-30)17-15-32(41)38-16-14-23-4-2-1-3-5-23;2-1-3/h1-13,18-20,31,33H,14-17,21-22H2,(H,38,41);. The molecule has 0 saturated carbocycles. The molecular formula is C34H31Cl2F2N3O3. The van der Waals surface area contributed by atoms with Gasteiger partial charge in [-0.1, -0.05) is 77.8 Å². The molecule has 0 radical (unpaired) electrons. The summed E-state index contributed by atoms with van der Waals surface area (Å²) in [6.07, 6.45) is 1.20. The summed E-state index contributed by atoms with van der Waals surface area (Å²) in [6, 6.07) is 28.9. The van der Waals surface area contributed by atoms with E-state index in [4.69, 9.17) is 32.8 Å². The van der Waals surface area contributed by atoms with E-state index in [0.29, 0.717) is 41.9 Å². The maximum Gasteiger partial charge on any atom is 0.373 e. The highest BCUT2D eigenvalue weighted by Crippen LogP contribution is 2.36. The van der Waals surface area contributed by atoms with Crippen LogP contribution in [0.1, 0.15) is 29.2 Å². The van der Waals surface area contributed by atoms with Crippen molar-refractivity contribution in [3.8, 4) is 0 Å². The molecule has 0 aromatic heterocycles. The SMILES string of the molecule is O=C(CCN(c1cc(F)cc(F)c1)C1CN(C(c2ccc(Cl)cc2)c2ccc(Cl)cc2)C1)NCCc1ccccc1.O=C=O. The third-order valence-electron chi connectivity index (χ3n) is 7.41. The number of carbonyl (C=O) groups excluding carboxylic acids is 3. The van der Waals surface area contributed by atoms with E-state index in [1.165, 1.54) is 12.1 Å². The van der Waals surface area contributed by atoms with Gasteiger partial charge in [0, 0.05) is 54.4 Å². The molecule has 1 N–H and O–H groups in total. The van der Waals surface area contributed by atoms with Crippen LogP contribution in [0.15, 0.2) is 97.1 Å². The predicted octanol–water partition coefficient (Wildman–Crippen LogP) is 6.72. The number of rotatable bonds is 11. The first kappa shape index (κ1) is 32.8. The molecule has 1 amide bonds. The summed E-state index contributed by atoms with van der Waals surface area (Å²) < 4.78 is 28.5. The molecule has 1 fully saturated rings. The minimum atomic E-state index is -0.645. The molecule has 0 atom stereocenters. The van der Waals surface area contributed by atoms with Gasteiger partial charge in [-0.3, -0.25) is 9.69 Å². The van der Waals surface area contributed by atoms with Gasteiger partial charge in [-0.15, -0.1) is 0 Å². The van der Waals surface area contributed by atoms with Gasteiger partial charge >= 0.3 is 6.15 Å². The lowest BCUT2D eigenvalue weighted by molar-refractivity contribution is -0.191. The molecule has 0 unspecified atom stereocenters. The fourth-order valence-electron chi connectivity index (χ4n) is 5.33. The van der Waals surface area contributed by atoms with Crippen LogP contribution in [-0.2, 0) is 20.8 Å². The van der Waals surface area contributed by atoms with E-state index in [1.807, 2.05) is 83.8 Å². The second-order valence-corrected chi connectivity index (χ2v) is 11.2. The van der Waals surface area contributed by atoms with E-state index in [9.17, 15) is 13.6 Å².